The van der Waals surface area contributed by atoms with E-state index in [1.165, 1.54) is 14.0 Å². The molecule has 0 radical (unpaired) electrons. The smallest absolute Gasteiger partial charge is 0.308 e. The SMILES string of the molecule is COc1cc([C@H]2C(C#N)=C(N)OC3=C2C(=O)CC(C)(C)C3)ccc1OC(C)=O. The van der Waals surface area contributed by atoms with E-state index in [1.54, 1.807) is 18.2 Å². The first-order valence-electron chi connectivity index (χ1n) is 8.87. The number of nitrogens with zero attached hydrogens (tertiary/aromatic N) is 1. The molecule has 1 aromatic rings. The van der Waals surface area contributed by atoms with Crippen molar-refractivity contribution in [2.24, 2.45) is 11.1 Å². The van der Waals surface area contributed by atoms with Crippen LogP contribution in [0.1, 0.15) is 45.1 Å². The van der Waals surface area contributed by atoms with Gasteiger partial charge in [0.2, 0.25) is 5.88 Å². The number of hydrogen-bond acceptors (Lipinski definition) is 7. The summed E-state index contributed by atoms with van der Waals surface area (Å²) in [5.74, 6) is -0.122. The van der Waals surface area contributed by atoms with Crippen molar-refractivity contribution >= 4 is 11.8 Å². The normalized spacial score (nSPS) is 20.8. The van der Waals surface area contributed by atoms with Crippen molar-refractivity contribution in [1.82, 2.24) is 0 Å². The molecule has 0 spiro atoms. The number of Topliss-reactive ketones (excluding diaryl/α,β-unsaturated/α-hetero) is 1. The molecule has 1 aliphatic carbocycles. The predicted octanol–water partition coefficient (Wildman–Crippen LogP) is 3.07. The monoisotopic (exact) mass is 382 g/mol. The number of nitrogens with two attached hydrogens (primary N) is 1. The Balaban J connectivity index is 2.15. The third-order valence-corrected chi connectivity index (χ3v) is 4.85. The fourth-order valence-corrected chi connectivity index (χ4v) is 3.72. The number of nitriles is 1. The molecule has 0 unspecified atom stereocenters. The Morgan fingerprint density at radius 3 is 2.64 bits per heavy atom. The molecule has 0 bridgehead atoms. The lowest BCUT2D eigenvalue weighted by molar-refractivity contribution is -0.132. The van der Waals surface area contributed by atoms with Gasteiger partial charge in [0.25, 0.3) is 0 Å². The zero-order valence-electron chi connectivity index (χ0n) is 16.3. The minimum absolute atomic E-state index is 0.000204. The van der Waals surface area contributed by atoms with E-state index in [4.69, 9.17) is 19.9 Å². The van der Waals surface area contributed by atoms with Crippen molar-refractivity contribution in [3.63, 3.8) is 0 Å². The molecule has 0 amide bonds. The molecular weight excluding hydrogens is 360 g/mol. The van der Waals surface area contributed by atoms with E-state index in [2.05, 4.69) is 6.07 Å². The molecule has 1 aliphatic heterocycles. The molecule has 146 valence electrons. The molecule has 0 saturated carbocycles. The Labute approximate surface area is 163 Å². The largest absolute Gasteiger partial charge is 0.493 e. The Morgan fingerprint density at radius 2 is 2.04 bits per heavy atom. The van der Waals surface area contributed by atoms with Crippen LogP contribution in [-0.4, -0.2) is 18.9 Å². The lowest BCUT2D eigenvalue weighted by atomic mass is 9.70. The number of ketones is 1. The Bertz CT molecular complexity index is 965. The maximum atomic E-state index is 13.0. The molecule has 0 saturated heterocycles. The number of carbonyl (C=O) groups is 2. The van der Waals surface area contributed by atoms with E-state index in [0.717, 1.165) is 0 Å². The average molecular weight is 382 g/mol. The second-order valence-corrected chi connectivity index (χ2v) is 7.71. The first-order chi connectivity index (χ1) is 13.2. The van der Waals surface area contributed by atoms with Gasteiger partial charge in [0.05, 0.1) is 13.0 Å². The van der Waals surface area contributed by atoms with Gasteiger partial charge < -0.3 is 19.9 Å². The molecule has 2 N–H and O–H groups in total. The Hall–Kier alpha value is -3.27. The van der Waals surface area contributed by atoms with Gasteiger partial charge in [-0.05, 0) is 23.1 Å². The summed E-state index contributed by atoms with van der Waals surface area (Å²) in [6.45, 7) is 5.27. The first-order valence-corrected chi connectivity index (χ1v) is 8.87. The van der Waals surface area contributed by atoms with Gasteiger partial charge in [-0.15, -0.1) is 0 Å². The van der Waals surface area contributed by atoms with Crippen LogP contribution in [0.2, 0.25) is 0 Å². The molecule has 1 heterocycles. The van der Waals surface area contributed by atoms with Crippen LogP contribution in [0.3, 0.4) is 0 Å². The zero-order chi connectivity index (χ0) is 20.6. The highest BCUT2D eigenvalue weighted by Crippen LogP contribution is 2.48. The van der Waals surface area contributed by atoms with Crippen molar-refractivity contribution in [3.05, 3.63) is 46.6 Å². The number of ether oxygens (including phenoxy) is 3. The Morgan fingerprint density at radius 1 is 1.32 bits per heavy atom. The zero-order valence-corrected chi connectivity index (χ0v) is 16.3. The van der Waals surface area contributed by atoms with E-state index < -0.39 is 11.9 Å². The molecule has 7 nitrogen and oxygen atoms in total. The standard InChI is InChI=1S/C21H22N2O5/c1-11(24)27-15-6-5-12(7-16(15)26-4)18-13(10-22)20(23)28-17-9-21(2,3)8-14(25)19(17)18/h5-7,18H,8-9,23H2,1-4H3/t18-/m0/s1. The van der Waals surface area contributed by atoms with Crippen LogP contribution in [0.4, 0.5) is 0 Å². The van der Waals surface area contributed by atoms with Gasteiger partial charge in [-0.3, -0.25) is 9.59 Å². The highest BCUT2D eigenvalue weighted by Gasteiger charge is 2.43. The molecule has 2 aliphatic rings. The van der Waals surface area contributed by atoms with Crippen LogP contribution in [0.15, 0.2) is 41.0 Å². The number of hydrogen-bond donors (Lipinski definition) is 1. The fraction of sp³-hybridized carbons (Fsp3) is 0.381. The fourth-order valence-electron chi connectivity index (χ4n) is 3.72. The van der Waals surface area contributed by atoms with Crippen LogP contribution < -0.4 is 15.2 Å². The van der Waals surface area contributed by atoms with E-state index in [1.807, 2.05) is 13.8 Å². The van der Waals surface area contributed by atoms with Crippen molar-refractivity contribution in [2.75, 3.05) is 7.11 Å². The van der Waals surface area contributed by atoms with E-state index >= 15 is 0 Å². The number of benzene rings is 1. The highest BCUT2D eigenvalue weighted by atomic mass is 16.6. The van der Waals surface area contributed by atoms with Crippen LogP contribution in [0.5, 0.6) is 11.5 Å². The van der Waals surface area contributed by atoms with Gasteiger partial charge in [-0.25, -0.2) is 0 Å². The topological polar surface area (TPSA) is 112 Å². The van der Waals surface area contributed by atoms with Crippen LogP contribution in [0, 0.1) is 16.7 Å². The van der Waals surface area contributed by atoms with Crippen molar-refractivity contribution in [3.8, 4) is 17.6 Å². The average Bonchev–Trinajstić information content (AvgIpc) is 2.59. The maximum Gasteiger partial charge on any atom is 0.308 e. The summed E-state index contributed by atoms with van der Waals surface area (Å²) in [4.78, 5) is 24.2. The number of esters is 1. The van der Waals surface area contributed by atoms with Crippen LogP contribution in [0.25, 0.3) is 0 Å². The molecule has 3 rings (SSSR count). The molecule has 0 aromatic heterocycles. The van der Waals surface area contributed by atoms with Gasteiger partial charge in [-0.2, -0.15) is 5.26 Å². The summed E-state index contributed by atoms with van der Waals surface area (Å²) >= 11 is 0. The Kier molecular flexibility index (Phi) is 4.90. The van der Waals surface area contributed by atoms with E-state index in [-0.39, 0.29) is 28.4 Å². The summed E-state index contributed by atoms with van der Waals surface area (Å²) in [7, 11) is 1.45. The molecule has 7 heteroatoms. The second kappa shape index (κ2) is 7.04. The summed E-state index contributed by atoms with van der Waals surface area (Å²) in [6, 6.07) is 7.00. The lowest BCUT2D eigenvalue weighted by Crippen LogP contribution is -2.33. The third-order valence-electron chi connectivity index (χ3n) is 4.85. The quantitative estimate of drug-likeness (QED) is 0.631. The van der Waals surface area contributed by atoms with Gasteiger partial charge in [-0.1, -0.05) is 19.9 Å². The molecule has 0 fully saturated rings. The molecule has 28 heavy (non-hydrogen) atoms. The first kappa shape index (κ1) is 19.5. The van der Waals surface area contributed by atoms with Crippen LogP contribution >= 0.6 is 0 Å². The third kappa shape index (κ3) is 3.46. The number of carbonyl (C=O) groups excluding carboxylic acids is 2. The van der Waals surface area contributed by atoms with Gasteiger partial charge >= 0.3 is 5.97 Å². The number of rotatable bonds is 3. The highest BCUT2D eigenvalue weighted by molar-refractivity contribution is 6.00. The van der Waals surface area contributed by atoms with Gasteiger partial charge in [0.1, 0.15) is 17.4 Å². The lowest BCUT2D eigenvalue weighted by Gasteiger charge is -2.37. The maximum absolute atomic E-state index is 13.0. The molecule has 1 atom stereocenters. The summed E-state index contributed by atoms with van der Waals surface area (Å²) in [5.41, 5.74) is 7.03. The number of allylic oxidation sites excluding steroid dienone is 3. The second-order valence-electron chi connectivity index (χ2n) is 7.71. The van der Waals surface area contributed by atoms with E-state index in [0.29, 0.717) is 35.5 Å². The minimum Gasteiger partial charge on any atom is -0.493 e. The summed E-state index contributed by atoms with van der Waals surface area (Å²) in [5, 5.41) is 9.67. The van der Waals surface area contributed by atoms with Crippen molar-refractivity contribution in [2.45, 2.75) is 39.5 Å². The van der Waals surface area contributed by atoms with E-state index in [9.17, 15) is 14.9 Å². The number of methoxy groups -OCH3 is 1. The summed E-state index contributed by atoms with van der Waals surface area (Å²) < 4.78 is 16.1. The molecular formula is C21H22N2O5. The van der Waals surface area contributed by atoms with Crippen molar-refractivity contribution in [1.29, 1.82) is 5.26 Å². The van der Waals surface area contributed by atoms with Gasteiger partial charge in [0.15, 0.2) is 17.3 Å². The summed E-state index contributed by atoms with van der Waals surface area (Å²) in [6.07, 6.45) is 0.902. The van der Waals surface area contributed by atoms with Gasteiger partial charge in [0, 0.05) is 25.3 Å². The predicted molar refractivity (Wildman–Crippen MR) is 100 cm³/mol. The van der Waals surface area contributed by atoms with Crippen LogP contribution in [-0.2, 0) is 14.3 Å². The molecule has 1 aromatic carbocycles. The minimum atomic E-state index is -0.655. The van der Waals surface area contributed by atoms with Crippen molar-refractivity contribution < 1.29 is 23.8 Å².